The minimum Gasteiger partial charge on any atom is -0.493 e. The molecule has 1 heterocycles. The molecular weight excluding hydrogens is 454 g/mol. The molecule has 2 aromatic rings. The largest absolute Gasteiger partial charge is 0.493 e. The van der Waals surface area contributed by atoms with Crippen LogP contribution in [0, 0.1) is 0 Å². The van der Waals surface area contributed by atoms with Crippen molar-refractivity contribution in [2.75, 3.05) is 14.2 Å². The highest BCUT2D eigenvalue weighted by molar-refractivity contribution is 9.10. The van der Waals surface area contributed by atoms with Gasteiger partial charge in [-0.1, -0.05) is 39.7 Å². The van der Waals surface area contributed by atoms with Gasteiger partial charge in [0, 0.05) is 10.5 Å². The van der Waals surface area contributed by atoms with Crippen molar-refractivity contribution in [3.05, 3.63) is 61.9 Å². The summed E-state index contributed by atoms with van der Waals surface area (Å²) < 4.78 is 11.4. The lowest BCUT2D eigenvalue weighted by molar-refractivity contribution is -0.123. The van der Waals surface area contributed by atoms with Crippen molar-refractivity contribution >= 4 is 56.5 Å². The number of carbonyl (C=O) groups excluding carboxylic acids is 2. The Morgan fingerprint density at radius 1 is 1.11 bits per heavy atom. The number of hydrogen-bond donors (Lipinski definition) is 0. The van der Waals surface area contributed by atoms with E-state index in [1.807, 2.05) is 24.3 Å². The highest BCUT2D eigenvalue weighted by Gasteiger charge is 2.35. The maximum Gasteiger partial charge on any atom is 0.293 e. The van der Waals surface area contributed by atoms with Crippen LogP contribution in [0.5, 0.6) is 11.5 Å². The lowest BCUT2D eigenvalue weighted by Gasteiger charge is -2.12. The maximum atomic E-state index is 12.7. The van der Waals surface area contributed by atoms with Crippen LogP contribution in [-0.4, -0.2) is 30.3 Å². The molecule has 2 amide bonds. The fourth-order valence-corrected chi connectivity index (χ4v) is 3.83. The van der Waals surface area contributed by atoms with Crippen molar-refractivity contribution in [2.45, 2.75) is 6.54 Å². The van der Waals surface area contributed by atoms with Gasteiger partial charge >= 0.3 is 0 Å². The topological polar surface area (TPSA) is 55.8 Å². The summed E-state index contributed by atoms with van der Waals surface area (Å²) in [5, 5.41) is 0.0816. The van der Waals surface area contributed by atoms with Crippen molar-refractivity contribution in [2.24, 2.45) is 0 Å². The molecule has 8 heteroatoms. The van der Waals surface area contributed by atoms with E-state index in [0.717, 1.165) is 21.8 Å². The van der Waals surface area contributed by atoms with Gasteiger partial charge in [-0.2, -0.15) is 0 Å². The number of carbonyl (C=O) groups is 2. The Balaban J connectivity index is 1.87. The average molecular weight is 469 g/mol. The first kappa shape index (κ1) is 19.8. The third-order valence-electron chi connectivity index (χ3n) is 3.92. The van der Waals surface area contributed by atoms with Crippen molar-refractivity contribution in [3.8, 4) is 11.5 Å². The van der Waals surface area contributed by atoms with E-state index in [-0.39, 0.29) is 17.7 Å². The van der Waals surface area contributed by atoms with Crippen LogP contribution in [0.15, 0.2) is 45.8 Å². The summed E-state index contributed by atoms with van der Waals surface area (Å²) in [5.74, 6) is 0.629. The van der Waals surface area contributed by atoms with Crippen LogP contribution < -0.4 is 9.47 Å². The Kier molecular flexibility index (Phi) is 6.14. The zero-order valence-electron chi connectivity index (χ0n) is 14.5. The van der Waals surface area contributed by atoms with Crippen LogP contribution in [0.25, 0.3) is 6.08 Å². The molecule has 0 bridgehead atoms. The summed E-state index contributed by atoms with van der Waals surface area (Å²) in [6.07, 6.45) is 1.59. The zero-order valence-corrected chi connectivity index (χ0v) is 17.7. The van der Waals surface area contributed by atoms with Gasteiger partial charge < -0.3 is 9.47 Å². The minimum absolute atomic E-state index is 0.217. The second-order valence-electron chi connectivity index (χ2n) is 5.62. The van der Waals surface area contributed by atoms with Crippen molar-refractivity contribution in [3.63, 3.8) is 0 Å². The van der Waals surface area contributed by atoms with E-state index in [4.69, 9.17) is 21.1 Å². The normalized spacial score (nSPS) is 15.6. The first-order valence-corrected chi connectivity index (χ1v) is 9.83. The number of hydrogen-bond acceptors (Lipinski definition) is 5. The maximum absolute atomic E-state index is 12.7. The number of rotatable bonds is 5. The van der Waals surface area contributed by atoms with Crippen LogP contribution in [0.1, 0.15) is 11.1 Å². The number of methoxy groups -OCH3 is 2. The minimum atomic E-state index is -0.348. The van der Waals surface area contributed by atoms with Gasteiger partial charge in [0.05, 0.1) is 30.7 Å². The van der Waals surface area contributed by atoms with Crippen molar-refractivity contribution in [1.82, 2.24) is 4.90 Å². The first-order valence-electron chi connectivity index (χ1n) is 7.84. The molecule has 1 aliphatic rings. The van der Waals surface area contributed by atoms with Gasteiger partial charge in [0.1, 0.15) is 0 Å². The van der Waals surface area contributed by atoms with Gasteiger partial charge in [-0.3, -0.25) is 14.5 Å². The average Bonchev–Trinajstić information content (AvgIpc) is 2.92. The highest BCUT2D eigenvalue weighted by Crippen LogP contribution is 2.38. The molecule has 140 valence electrons. The molecule has 0 spiro atoms. The Morgan fingerprint density at radius 2 is 1.74 bits per heavy atom. The van der Waals surface area contributed by atoms with E-state index in [0.29, 0.717) is 27.0 Å². The molecule has 2 aromatic carbocycles. The molecule has 3 rings (SSSR count). The Hall–Kier alpha value is -1.96. The third-order valence-corrected chi connectivity index (χ3v) is 5.68. The van der Waals surface area contributed by atoms with E-state index < -0.39 is 0 Å². The predicted octanol–water partition coefficient (Wildman–Crippen LogP) is 5.36. The predicted molar refractivity (Wildman–Crippen MR) is 110 cm³/mol. The molecule has 27 heavy (non-hydrogen) atoms. The summed E-state index contributed by atoms with van der Waals surface area (Å²) in [4.78, 5) is 26.5. The van der Waals surface area contributed by atoms with E-state index in [9.17, 15) is 9.59 Å². The fourth-order valence-electron chi connectivity index (χ4n) is 2.53. The van der Waals surface area contributed by atoms with Crippen LogP contribution in [0.4, 0.5) is 4.79 Å². The number of imide groups is 1. The SMILES string of the molecule is COc1cc(Cl)c(/C=C2\SC(=O)N(Cc3ccc(Br)cc3)C2=O)cc1OC. The van der Waals surface area contributed by atoms with Gasteiger partial charge in [0.15, 0.2) is 11.5 Å². The second-order valence-corrected chi connectivity index (χ2v) is 7.94. The summed E-state index contributed by atoms with van der Waals surface area (Å²) in [6.45, 7) is 0.217. The van der Waals surface area contributed by atoms with Gasteiger partial charge in [-0.15, -0.1) is 0 Å². The summed E-state index contributed by atoms with van der Waals surface area (Å²) >= 11 is 10.5. The van der Waals surface area contributed by atoms with Gasteiger partial charge in [0.25, 0.3) is 11.1 Å². The van der Waals surface area contributed by atoms with Crippen LogP contribution >= 0.6 is 39.3 Å². The van der Waals surface area contributed by atoms with Gasteiger partial charge in [-0.25, -0.2) is 0 Å². The van der Waals surface area contributed by atoms with E-state index in [1.54, 1.807) is 18.2 Å². The molecule has 0 aromatic heterocycles. The second kappa shape index (κ2) is 8.37. The quantitative estimate of drug-likeness (QED) is 0.553. The molecule has 0 atom stereocenters. The molecule has 0 N–H and O–H groups in total. The smallest absolute Gasteiger partial charge is 0.293 e. The van der Waals surface area contributed by atoms with Gasteiger partial charge in [-0.05, 0) is 47.2 Å². The van der Waals surface area contributed by atoms with Crippen molar-refractivity contribution in [1.29, 1.82) is 0 Å². The number of nitrogens with zero attached hydrogens (tertiary/aromatic N) is 1. The zero-order chi connectivity index (χ0) is 19.6. The number of benzene rings is 2. The monoisotopic (exact) mass is 467 g/mol. The first-order chi connectivity index (χ1) is 12.9. The number of halogens is 2. The summed E-state index contributed by atoms with van der Waals surface area (Å²) in [5.41, 5.74) is 1.44. The molecule has 0 aliphatic carbocycles. The molecule has 0 unspecified atom stereocenters. The van der Waals surface area contributed by atoms with Crippen LogP contribution in [-0.2, 0) is 11.3 Å². The summed E-state index contributed by atoms with van der Waals surface area (Å²) in [6, 6.07) is 10.7. The Labute approximate surface area is 174 Å². The van der Waals surface area contributed by atoms with E-state index in [1.165, 1.54) is 19.1 Å². The van der Waals surface area contributed by atoms with Gasteiger partial charge in [0.2, 0.25) is 0 Å². The number of amides is 2. The standard InChI is InChI=1S/C19H15BrClNO4S/c1-25-15-7-12(14(21)9-16(15)26-2)8-17-18(23)22(19(24)27-17)10-11-3-5-13(20)6-4-11/h3-9H,10H2,1-2H3/b17-8-. The molecule has 1 fully saturated rings. The highest BCUT2D eigenvalue weighted by atomic mass is 79.9. The summed E-state index contributed by atoms with van der Waals surface area (Å²) in [7, 11) is 3.03. The molecule has 5 nitrogen and oxygen atoms in total. The Morgan fingerprint density at radius 3 is 2.37 bits per heavy atom. The Bertz CT molecular complexity index is 930. The third kappa shape index (κ3) is 4.31. The van der Waals surface area contributed by atoms with E-state index in [2.05, 4.69) is 15.9 Å². The molecule has 1 aliphatic heterocycles. The van der Waals surface area contributed by atoms with Crippen LogP contribution in [0.2, 0.25) is 5.02 Å². The fraction of sp³-hybridized carbons (Fsp3) is 0.158. The number of thioether (sulfide) groups is 1. The number of ether oxygens (including phenoxy) is 2. The lowest BCUT2D eigenvalue weighted by Crippen LogP contribution is -2.27. The molecular formula is C19H15BrClNO4S. The van der Waals surface area contributed by atoms with Crippen LogP contribution in [0.3, 0.4) is 0 Å². The molecule has 0 saturated carbocycles. The van der Waals surface area contributed by atoms with E-state index >= 15 is 0 Å². The molecule has 0 radical (unpaired) electrons. The lowest BCUT2D eigenvalue weighted by atomic mass is 10.1. The molecule has 1 saturated heterocycles. The van der Waals surface area contributed by atoms with Crippen molar-refractivity contribution < 1.29 is 19.1 Å².